The molecule has 140 valence electrons. The van der Waals surface area contributed by atoms with E-state index in [4.69, 9.17) is 9.73 Å². The van der Waals surface area contributed by atoms with Crippen LogP contribution in [0.5, 0.6) is 0 Å². The van der Waals surface area contributed by atoms with Gasteiger partial charge >= 0.3 is 0 Å². The molecule has 1 saturated carbocycles. The van der Waals surface area contributed by atoms with Crippen LogP contribution >= 0.6 is 24.0 Å². The van der Waals surface area contributed by atoms with Crippen molar-refractivity contribution in [3.8, 4) is 0 Å². The first-order valence-electron chi connectivity index (χ1n) is 9.10. The molecule has 1 aromatic rings. The van der Waals surface area contributed by atoms with Gasteiger partial charge in [-0.2, -0.15) is 0 Å². The predicted octanol–water partition coefficient (Wildman–Crippen LogP) is 2.22. The maximum atomic E-state index is 5.82. The number of ether oxygens (including phenoxy) is 1. The number of benzene rings is 1. The number of hydrogen-bond donors (Lipinski definition) is 2. The molecule has 6 heteroatoms. The van der Waals surface area contributed by atoms with Crippen molar-refractivity contribution in [3.05, 3.63) is 35.9 Å². The Hall–Kier alpha value is -0.860. The molecule has 2 fully saturated rings. The van der Waals surface area contributed by atoms with Crippen LogP contribution in [0.15, 0.2) is 35.3 Å². The van der Waals surface area contributed by atoms with E-state index < -0.39 is 0 Å². The molecule has 0 spiro atoms. The van der Waals surface area contributed by atoms with Crippen molar-refractivity contribution in [2.45, 2.75) is 31.3 Å². The van der Waals surface area contributed by atoms with Gasteiger partial charge in [0, 0.05) is 31.6 Å². The Bertz CT molecular complexity index is 548. The summed E-state index contributed by atoms with van der Waals surface area (Å²) >= 11 is 0. The van der Waals surface area contributed by atoms with Crippen molar-refractivity contribution in [1.82, 2.24) is 15.5 Å². The summed E-state index contributed by atoms with van der Waals surface area (Å²) in [6.07, 6.45) is 2.70. The summed E-state index contributed by atoms with van der Waals surface area (Å²) in [5.74, 6) is 0.900. The van der Waals surface area contributed by atoms with E-state index >= 15 is 0 Å². The lowest BCUT2D eigenvalue weighted by Gasteiger charge is -2.30. The summed E-state index contributed by atoms with van der Waals surface area (Å²) in [5, 5.41) is 6.80. The number of nitrogens with one attached hydrogen (secondary N) is 2. The molecule has 3 rings (SSSR count). The third kappa shape index (κ3) is 5.82. The fourth-order valence-corrected chi connectivity index (χ4v) is 3.25. The number of hydrogen-bond acceptors (Lipinski definition) is 3. The van der Waals surface area contributed by atoms with Crippen molar-refractivity contribution < 1.29 is 4.74 Å². The van der Waals surface area contributed by atoms with Crippen LogP contribution in [0.4, 0.5) is 0 Å². The number of aliphatic imine (C=N–C) groups is 1. The molecule has 1 unspecified atom stereocenters. The van der Waals surface area contributed by atoms with Crippen molar-refractivity contribution in [2.24, 2.45) is 4.99 Å². The Morgan fingerprint density at radius 3 is 2.68 bits per heavy atom. The predicted molar refractivity (Wildman–Crippen MR) is 114 cm³/mol. The lowest BCUT2D eigenvalue weighted by atomic mass is 9.96. The van der Waals surface area contributed by atoms with Gasteiger partial charge in [-0.25, -0.2) is 0 Å². The van der Waals surface area contributed by atoms with Crippen LogP contribution in [-0.4, -0.2) is 63.3 Å². The molecule has 1 saturated heterocycles. The first-order valence-corrected chi connectivity index (χ1v) is 9.10. The third-order valence-corrected chi connectivity index (χ3v) is 4.96. The number of nitrogens with zero attached hydrogens (tertiary/aromatic N) is 2. The lowest BCUT2D eigenvalue weighted by molar-refractivity contribution is -0.0161. The average molecular weight is 458 g/mol. The third-order valence-electron chi connectivity index (χ3n) is 4.96. The molecule has 0 aromatic heterocycles. The van der Waals surface area contributed by atoms with E-state index in [0.29, 0.717) is 0 Å². The van der Waals surface area contributed by atoms with Crippen LogP contribution in [0.25, 0.3) is 0 Å². The summed E-state index contributed by atoms with van der Waals surface area (Å²) in [5.41, 5.74) is 1.67. The first kappa shape index (κ1) is 20.5. The largest absolute Gasteiger partial charge is 0.374 e. The lowest BCUT2D eigenvalue weighted by Crippen LogP contribution is -2.48. The van der Waals surface area contributed by atoms with Crippen molar-refractivity contribution >= 4 is 29.9 Å². The number of likely N-dealkylation sites (N-methyl/N-ethyl adjacent to an activating group) is 1. The average Bonchev–Trinajstić information content (AvgIpc) is 3.39. The van der Waals surface area contributed by atoms with Crippen LogP contribution in [0.1, 0.15) is 25.3 Å². The number of morpholine rings is 1. The quantitative estimate of drug-likeness (QED) is 0.390. The molecule has 1 heterocycles. The fraction of sp³-hybridized carbons (Fsp3) is 0.632. The number of guanidine groups is 1. The molecular formula is C19H31IN4O. The van der Waals surface area contributed by atoms with Gasteiger partial charge in [0.05, 0.1) is 19.3 Å². The van der Waals surface area contributed by atoms with Crippen molar-refractivity contribution in [2.75, 3.05) is 46.4 Å². The van der Waals surface area contributed by atoms with Gasteiger partial charge in [0.2, 0.25) is 0 Å². The first-order chi connectivity index (χ1) is 11.7. The normalized spacial score (nSPS) is 22.8. The summed E-state index contributed by atoms with van der Waals surface area (Å²) in [4.78, 5) is 7.17. The minimum atomic E-state index is 0. The summed E-state index contributed by atoms with van der Waals surface area (Å²) < 4.78 is 5.82. The standard InChI is InChI=1S/C19H30N4O.HI/c1-3-20-18(21-13-17-14-23(2)11-12-24-17)22-15-19(9-10-19)16-7-5-4-6-8-16;/h4-8,17H,3,9-15H2,1-2H3,(H2,20,21,22);1H. The van der Waals surface area contributed by atoms with Gasteiger partial charge < -0.3 is 20.3 Å². The highest BCUT2D eigenvalue weighted by Crippen LogP contribution is 2.48. The van der Waals surface area contributed by atoms with Crippen LogP contribution in [-0.2, 0) is 10.2 Å². The molecule has 2 N–H and O–H groups in total. The number of rotatable bonds is 6. The maximum absolute atomic E-state index is 5.82. The second-order valence-corrected chi connectivity index (χ2v) is 6.98. The van der Waals surface area contributed by atoms with E-state index in [-0.39, 0.29) is 35.5 Å². The van der Waals surface area contributed by atoms with Gasteiger partial charge in [0.25, 0.3) is 0 Å². The molecule has 25 heavy (non-hydrogen) atoms. The van der Waals surface area contributed by atoms with Gasteiger partial charge in [-0.05, 0) is 32.4 Å². The van der Waals surface area contributed by atoms with E-state index in [9.17, 15) is 0 Å². The molecule has 0 radical (unpaired) electrons. The van der Waals surface area contributed by atoms with Crippen molar-refractivity contribution in [1.29, 1.82) is 0 Å². The van der Waals surface area contributed by atoms with Gasteiger partial charge in [-0.3, -0.25) is 4.99 Å². The summed E-state index contributed by atoms with van der Waals surface area (Å²) in [6.45, 7) is 7.42. The minimum Gasteiger partial charge on any atom is -0.374 e. The SMILES string of the molecule is CCNC(=NCC1(c2ccccc2)CC1)NCC1CN(C)CCO1.I. The zero-order valence-electron chi connectivity index (χ0n) is 15.3. The molecule has 2 aliphatic rings. The molecule has 0 amide bonds. The van der Waals surface area contributed by atoms with E-state index in [1.165, 1.54) is 18.4 Å². The molecular weight excluding hydrogens is 427 g/mol. The van der Waals surface area contributed by atoms with Crippen LogP contribution in [0.2, 0.25) is 0 Å². The van der Waals surface area contributed by atoms with E-state index in [1.54, 1.807) is 0 Å². The van der Waals surface area contributed by atoms with Crippen LogP contribution < -0.4 is 10.6 Å². The Labute approximate surface area is 168 Å². The second-order valence-electron chi connectivity index (χ2n) is 6.98. The van der Waals surface area contributed by atoms with Gasteiger partial charge in [0.1, 0.15) is 0 Å². The highest BCUT2D eigenvalue weighted by molar-refractivity contribution is 14.0. The highest BCUT2D eigenvalue weighted by Gasteiger charge is 2.43. The molecule has 1 aliphatic carbocycles. The van der Waals surface area contributed by atoms with Gasteiger partial charge in [-0.15, -0.1) is 24.0 Å². The van der Waals surface area contributed by atoms with E-state index in [2.05, 4.69) is 59.8 Å². The molecule has 1 aromatic carbocycles. The Kier molecular flexibility index (Phi) is 7.96. The Morgan fingerprint density at radius 1 is 1.28 bits per heavy atom. The number of halogens is 1. The van der Waals surface area contributed by atoms with Crippen LogP contribution in [0, 0.1) is 0 Å². The second kappa shape index (κ2) is 9.73. The fourth-order valence-electron chi connectivity index (χ4n) is 3.25. The highest BCUT2D eigenvalue weighted by atomic mass is 127. The summed E-state index contributed by atoms with van der Waals surface area (Å²) in [6, 6.07) is 10.8. The van der Waals surface area contributed by atoms with E-state index in [1.807, 2.05) is 0 Å². The zero-order valence-corrected chi connectivity index (χ0v) is 17.7. The van der Waals surface area contributed by atoms with Gasteiger partial charge in [0.15, 0.2) is 5.96 Å². The zero-order chi connectivity index (χ0) is 16.8. The molecule has 0 bridgehead atoms. The monoisotopic (exact) mass is 458 g/mol. The molecule has 1 aliphatic heterocycles. The Morgan fingerprint density at radius 2 is 2.04 bits per heavy atom. The molecule has 1 atom stereocenters. The van der Waals surface area contributed by atoms with Gasteiger partial charge in [-0.1, -0.05) is 30.3 Å². The molecule has 5 nitrogen and oxygen atoms in total. The van der Waals surface area contributed by atoms with Crippen LogP contribution in [0.3, 0.4) is 0 Å². The Balaban J connectivity index is 0.00000225. The minimum absolute atomic E-state index is 0. The smallest absolute Gasteiger partial charge is 0.191 e. The van der Waals surface area contributed by atoms with Crippen molar-refractivity contribution in [3.63, 3.8) is 0 Å². The van der Waals surface area contributed by atoms with E-state index in [0.717, 1.165) is 45.3 Å². The maximum Gasteiger partial charge on any atom is 0.191 e. The topological polar surface area (TPSA) is 48.9 Å². The summed E-state index contributed by atoms with van der Waals surface area (Å²) in [7, 11) is 2.14.